The molecular weight excluding hydrogens is 385 g/mol. The van der Waals surface area contributed by atoms with Gasteiger partial charge in [-0.1, -0.05) is 34.5 Å². The summed E-state index contributed by atoms with van der Waals surface area (Å²) in [6.07, 6.45) is 0.897. The molecule has 1 heterocycles. The fourth-order valence-electron chi connectivity index (χ4n) is 1.78. The summed E-state index contributed by atoms with van der Waals surface area (Å²) in [6.45, 7) is 5.90. The molecule has 1 aromatic carbocycles. The minimum Gasteiger partial charge on any atom is -0.494 e. The van der Waals surface area contributed by atoms with Gasteiger partial charge in [-0.25, -0.2) is 4.79 Å². The van der Waals surface area contributed by atoms with Crippen molar-refractivity contribution in [3.63, 3.8) is 0 Å². The number of nitrogens with zero attached hydrogens (tertiary/aromatic N) is 2. The number of hydrogen-bond acceptors (Lipinski definition) is 6. The van der Waals surface area contributed by atoms with Gasteiger partial charge in [0.2, 0.25) is 5.13 Å². The molecule has 1 amide bonds. The van der Waals surface area contributed by atoms with Crippen LogP contribution in [0.4, 0.5) is 9.93 Å². The second kappa shape index (κ2) is 8.69. The van der Waals surface area contributed by atoms with E-state index >= 15 is 0 Å². The van der Waals surface area contributed by atoms with Crippen molar-refractivity contribution < 1.29 is 14.3 Å². The molecule has 1 N–H and O–H groups in total. The molecule has 1 aromatic heterocycles. The summed E-state index contributed by atoms with van der Waals surface area (Å²) < 4.78 is 10.8. The van der Waals surface area contributed by atoms with Gasteiger partial charge in [-0.3, -0.25) is 5.32 Å². The molecule has 0 spiro atoms. The highest BCUT2D eigenvalue weighted by molar-refractivity contribution is 7.15. The van der Waals surface area contributed by atoms with Crippen molar-refractivity contribution in [1.82, 2.24) is 10.2 Å². The van der Waals surface area contributed by atoms with Gasteiger partial charge in [0, 0.05) is 12.5 Å². The van der Waals surface area contributed by atoms with E-state index < -0.39 is 11.7 Å². The van der Waals surface area contributed by atoms with Crippen molar-refractivity contribution in [3.05, 3.63) is 33.3 Å². The average Bonchev–Trinajstić information content (AvgIpc) is 2.92. The highest BCUT2D eigenvalue weighted by atomic mass is 35.5. The molecule has 0 unspecified atom stereocenters. The molecular formula is C16H19Cl2N3O3S. The number of benzene rings is 1. The first-order chi connectivity index (χ1) is 11.7. The first kappa shape index (κ1) is 19.8. The Morgan fingerprint density at radius 1 is 1.24 bits per heavy atom. The van der Waals surface area contributed by atoms with Crippen molar-refractivity contribution in [2.24, 2.45) is 0 Å². The van der Waals surface area contributed by atoms with Gasteiger partial charge in [-0.05, 0) is 39.3 Å². The first-order valence-electron chi connectivity index (χ1n) is 7.63. The molecule has 0 aliphatic rings. The summed E-state index contributed by atoms with van der Waals surface area (Å²) >= 11 is 13.1. The largest absolute Gasteiger partial charge is 0.494 e. The third-order valence-electron chi connectivity index (χ3n) is 2.77. The lowest BCUT2D eigenvalue weighted by Crippen LogP contribution is -2.27. The fourth-order valence-corrected chi connectivity index (χ4v) is 2.83. The number of rotatable bonds is 6. The van der Waals surface area contributed by atoms with Crippen LogP contribution in [0, 0.1) is 0 Å². The van der Waals surface area contributed by atoms with Gasteiger partial charge in [-0.2, -0.15) is 0 Å². The maximum absolute atomic E-state index is 11.7. The molecule has 6 nitrogen and oxygen atoms in total. The predicted octanol–water partition coefficient (Wildman–Crippen LogP) is 5.20. The number of nitrogens with one attached hydrogen (secondary N) is 1. The Labute approximate surface area is 160 Å². The molecule has 0 atom stereocenters. The molecule has 0 saturated carbocycles. The molecule has 0 aliphatic heterocycles. The van der Waals surface area contributed by atoms with Gasteiger partial charge < -0.3 is 9.47 Å². The van der Waals surface area contributed by atoms with E-state index in [9.17, 15) is 4.79 Å². The van der Waals surface area contributed by atoms with E-state index in [0.717, 1.165) is 11.4 Å². The predicted molar refractivity (Wildman–Crippen MR) is 100 cm³/mol. The number of aromatic nitrogens is 2. The van der Waals surface area contributed by atoms with Crippen LogP contribution in [0.15, 0.2) is 18.2 Å². The Morgan fingerprint density at radius 3 is 2.68 bits per heavy atom. The molecule has 0 bridgehead atoms. The SMILES string of the molecule is CC(C)(C)OC(=O)Nc1nnc(CCCOc2ccc(Cl)c(Cl)c2)s1. The Balaban J connectivity index is 1.74. The standard InChI is InChI=1S/C16H19Cl2N3O3S/c1-16(2,3)24-15(22)19-14-21-20-13(25-14)5-4-8-23-10-6-7-11(17)12(18)9-10/h6-7,9H,4-5,8H2,1-3H3,(H,19,21,22). The summed E-state index contributed by atoms with van der Waals surface area (Å²) in [5.41, 5.74) is -0.556. The second-order valence-electron chi connectivity index (χ2n) is 6.16. The summed E-state index contributed by atoms with van der Waals surface area (Å²) in [5, 5.41) is 12.7. The highest BCUT2D eigenvalue weighted by Gasteiger charge is 2.17. The summed E-state index contributed by atoms with van der Waals surface area (Å²) in [6, 6.07) is 5.14. The summed E-state index contributed by atoms with van der Waals surface area (Å²) in [7, 11) is 0. The molecule has 9 heteroatoms. The monoisotopic (exact) mass is 403 g/mol. The minimum atomic E-state index is -0.556. The zero-order valence-electron chi connectivity index (χ0n) is 14.1. The van der Waals surface area contributed by atoms with Crippen LogP contribution in [0.5, 0.6) is 5.75 Å². The first-order valence-corrected chi connectivity index (χ1v) is 9.20. The number of carbonyl (C=O) groups is 1. The zero-order chi connectivity index (χ0) is 18.4. The Hall–Kier alpha value is -1.57. The maximum Gasteiger partial charge on any atom is 0.414 e. The lowest BCUT2D eigenvalue weighted by Gasteiger charge is -2.18. The number of carbonyl (C=O) groups excluding carboxylic acids is 1. The van der Waals surface area contributed by atoms with Crippen molar-refractivity contribution in [2.45, 2.75) is 39.2 Å². The van der Waals surface area contributed by atoms with Crippen LogP contribution in [0.1, 0.15) is 32.2 Å². The number of aryl methyl sites for hydroxylation is 1. The van der Waals surface area contributed by atoms with Crippen molar-refractivity contribution in [3.8, 4) is 5.75 Å². The number of hydrogen-bond donors (Lipinski definition) is 1. The quantitative estimate of drug-likeness (QED) is 0.670. The molecule has 0 fully saturated rings. The molecule has 0 aliphatic carbocycles. The van der Waals surface area contributed by atoms with Gasteiger partial charge >= 0.3 is 6.09 Å². The van der Waals surface area contributed by atoms with Crippen molar-refractivity contribution in [2.75, 3.05) is 11.9 Å². The van der Waals surface area contributed by atoms with Crippen molar-refractivity contribution in [1.29, 1.82) is 0 Å². The number of halogens is 2. The molecule has 25 heavy (non-hydrogen) atoms. The minimum absolute atomic E-state index is 0.412. The smallest absolute Gasteiger partial charge is 0.414 e. The fraction of sp³-hybridized carbons (Fsp3) is 0.438. The van der Waals surface area contributed by atoms with Crippen LogP contribution >= 0.6 is 34.5 Å². The number of amides is 1. The Bertz CT molecular complexity index is 732. The van der Waals surface area contributed by atoms with E-state index in [1.807, 2.05) is 0 Å². The van der Waals surface area contributed by atoms with Crippen LogP contribution in [-0.2, 0) is 11.2 Å². The highest BCUT2D eigenvalue weighted by Crippen LogP contribution is 2.26. The Morgan fingerprint density at radius 2 is 2.00 bits per heavy atom. The van der Waals surface area contributed by atoms with Gasteiger partial charge in [0.05, 0.1) is 16.7 Å². The van der Waals surface area contributed by atoms with Gasteiger partial charge in [0.25, 0.3) is 0 Å². The Kier molecular flexibility index (Phi) is 6.87. The van der Waals surface area contributed by atoms with E-state index in [2.05, 4.69) is 15.5 Å². The van der Waals surface area contributed by atoms with E-state index in [0.29, 0.717) is 34.0 Å². The number of anilines is 1. The van der Waals surface area contributed by atoms with Crippen molar-refractivity contribution >= 4 is 45.8 Å². The van der Waals surface area contributed by atoms with E-state index in [-0.39, 0.29) is 0 Å². The van der Waals surface area contributed by atoms with Crippen LogP contribution < -0.4 is 10.1 Å². The van der Waals surface area contributed by atoms with E-state index in [1.54, 1.807) is 39.0 Å². The van der Waals surface area contributed by atoms with Gasteiger partial charge in [0.1, 0.15) is 16.4 Å². The third kappa shape index (κ3) is 7.05. The average molecular weight is 404 g/mol. The topological polar surface area (TPSA) is 73.3 Å². The molecule has 2 rings (SSSR count). The molecule has 136 valence electrons. The zero-order valence-corrected chi connectivity index (χ0v) is 16.5. The maximum atomic E-state index is 11.7. The molecule has 0 saturated heterocycles. The second-order valence-corrected chi connectivity index (χ2v) is 8.03. The lowest BCUT2D eigenvalue weighted by atomic mass is 10.2. The summed E-state index contributed by atoms with van der Waals surface area (Å²) in [5.74, 6) is 0.666. The van der Waals surface area contributed by atoms with Crippen LogP contribution in [0.25, 0.3) is 0 Å². The van der Waals surface area contributed by atoms with Gasteiger partial charge in [0.15, 0.2) is 0 Å². The van der Waals surface area contributed by atoms with Crippen LogP contribution in [0.2, 0.25) is 10.0 Å². The van der Waals surface area contributed by atoms with E-state index in [4.69, 9.17) is 32.7 Å². The number of ether oxygens (including phenoxy) is 2. The van der Waals surface area contributed by atoms with Crippen LogP contribution in [0.3, 0.4) is 0 Å². The molecule has 2 aromatic rings. The molecule has 0 radical (unpaired) electrons. The van der Waals surface area contributed by atoms with Gasteiger partial charge in [-0.15, -0.1) is 10.2 Å². The lowest BCUT2D eigenvalue weighted by molar-refractivity contribution is 0.0636. The van der Waals surface area contributed by atoms with E-state index in [1.165, 1.54) is 11.3 Å². The van der Waals surface area contributed by atoms with Crippen LogP contribution in [-0.4, -0.2) is 28.5 Å². The normalized spacial score (nSPS) is 11.2. The third-order valence-corrected chi connectivity index (χ3v) is 4.41. The summed E-state index contributed by atoms with van der Waals surface area (Å²) in [4.78, 5) is 11.7.